The number of aromatic nitrogens is 3. The van der Waals surface area contributed by atoms with E-state index in [9.17, 15) is 0 Å². The molecule has 0 saturated carbocycles. The summed E-state index contributed by atoms with van der Waals surface area (Å²) in [5.74, 6) is 0.901. The van der Waals surface area contributed by atoms with Crippen LogP contribution in [0.15, 0.2) is 59.4 Å². The standard InChI is InChI=1S/C23H19ClN4S/c1-14-27-22-12-26-21-5-3-16(17-7-9-29-13-17)10-19(21)23(22)28(14)18-4-2-15(6-8-25)20(24)11-18/h2-5,7,9-13H,6,8,25H2,1H3. The first-order valence-corrected chi connectivity index (χ1v) is 10.8. The van der Waals surface area contributed by atoms with Crippen LogP contribution in [0.2, 0.25) is 5.02 Å². The Labute approximate surface area is 177 Å². The topological polar surface area (TPSA) is 56.7 Å². The molecule has 0 aliphatic carbocycles. The van der Waals surface area contributed by atoms with Gasteiger partial charge in [-0.3, -0.25) is 9.55 Å². The second kappa shape index (κ2) is 7.26. The van der Waals surface area contributed by atoms with E-state index in [0.29, 0.717) is 6.54 Å². The molecule has 0 amide bonds. The third-order valence-corrected chi connectivity index (χ3v) is 6.25. The fraction of sp³-hybridized carbons (Fsp3) is 0.130. The molecule has 0 atom stereocenters. The van der Waals surface area contributed by atoms with Crippen LogP contribution in [0.5, 0.6) is 0 Å². The summed E-state index contributed by atoms with van der Waals surface area (Å²) < 4.78 is 2.16. The smallest absolute Gasteiger partial charge is 0.111 e. The highest BCUT2D eigenvalue weighted by atomic mass is 35.5. The Bertz CT molecular complexity index is 1340. The number of hydrogen-bond acceptors (Lipinski definition) is 4. The Morgan fingerprint density at radius 3 is 2.72 bits per heavy atom. The van der Waals surface area contributed by atoms with E-state index < -0.39 is 0 Å². The molecule has 0 aliphatic rings. The van der Waals surface area contributed by atoms with Crippen molar-refractivity contribution in [3.05, 3.63) is 75.8 Å². The SMILES string of the molecule is Cc1nc2cnc3ccc(-c4ccsc4)cc3c2n1-c1ccc(CCN)c(Cl)c1. The lowest BCUT2D eigenvalue weighted by atomic mass is 10.1. The fourth-order valence-corrected chi connectivity index (χ4v) is 4.76. The Morgan fingerprint density at radius 2 is 1.97 bits per heavy atom. The second-order valence-electron chi connectivity index (χ2n) is 7.04. The molecule has 2 aromatic carbocycles. The van der Waals surface area contributed by atoms with Crippen molar-refractivity contribution >= 4 is 44.9 Å². The number of aryl methyl sites for hydroxylation is 1. The zero-order valence-corrected chi connectivity index (χ0v) is 17.5. The Balaban J connectivity index is 1.78. The third-order valence-electron chi connectivity index (χ3n) is 5.21. The average Bonchev–Trinajstić information content (AvgIpc) is 3.37. The van der Waals surface area contributed by atoms with E-state index in [0.717, 1.165) is 50.5 Å². The Morgan fingerprint density at radius 1 is 1.07 bits per heavy atom. The van der Waals surface area contributed by atoms with Gasteiger partial charge in [0.05, 0.1) is 17.2 Å². The van der Waals surface area contributed by atoms with Gasteiger partial charge in [0.15, 0.2) is 0 Å². The minimum Gasteiger partial charge on any atom is -0.330 e. The van der Waals surface area contributed by atoms with Crippen molar-refractivity contribution in [1.29, 1.82) is 0 Å². The number of fused-ring (bicyclic) bond motifs is 3. The van der Waals surface area contributed by atoms with Crippen molar-refractivity contribution in [2.75, 3.05) is 6.54 Å². The van der Waals surface area contributed by atoms with Gasteiger partial charge in [-0.15, -0.1) is 0 Å². The third kappa shape index (κ3) is 3.12. The number of nitrogens with two attached hydrogens (primary N) is 1. The van der Waals surface area contributed by atoms with Crippen LogP contribution in [0.3, 0.4) is 0 Å². The van der Waals surface area contributed by atoms with Gasteiger partial charge in [-0.2, -0.15) is 11.3 Å². The molecule has 5 aromatic rings. The van der Waals surface area contributed by atoms with E-state index in [1.54, 1.807) is 11.3 Å². The monoisotopic (exact) mass is 418 g/mol. The van der Waals surface area contributed by atoms with Gasteiger partial charge in [-0.1, -0.05) is 23.7 Å². The van der Waals surface area contributed by atoms with Crippen LogP contribution in [0.4, 0.5) is 0 Å². The summed E-state index contributed by atoms with van der Waals surface area (Å²) in [6.45, 7) is 2.59. The lowest BCUT2D eigenvalue weighted by Crippen LogP contribution is -2.04. The summed E-state index contributed by atoms with van der Waals surface area (Å²) in [6, 6.07) is 14.7. The van der Waals surface area contributed by atoms with Crippen molar-refractivity contribution in [2.45, 2.75) is 13.3 Å². The van der Waals surface area contributed by atoms with Gasteiger partial charge in [0, 0.05) is 16.1 Å². The van der Waals surface area contributed by atoms with Gasteiger partial charge in [0.2, 0.25) is 0 Å². The molecule has 6 heteroatoms. The zero-order chi connectivity index (χ0) is 20.0. The molecule has 144 valence electrons. The molecule has 5 rings (SSSR count). The van der Waals surface area contributed by atoms with Crippen molar-refractivity contribution in [1.82, 2.24) is 14.5 Å². The maximum Gasteiger partial charge on any atom is 0.111 e. The van der Waals surface area contributed by atoms with Crippen LogP contribution in [-0.4, -0.2) is 21.1 Å². The van der Waals surface area contributed by atoms with Gasteiger partial charge in [-0.05, 0) is 77.7 Å². The minimum atomic E-state index is 0.577. The second-order valence-corrected chi connectivity index (χ2v) is 8.23. The van der Waals surface area contributed by atoms with Crippen molar-refractivity contribution in [2.24, 2.45) is 5.73 Å². The minimum absolute atomic E-state index is 0.577. The molecule has 0 bridgehead atoms. The van der Waals surface area contributed by atoms with E-state index in [4.69, 9.17) is 22.3 Å². The highest BCUT2D eigenvalue weighted by Crippen LogP contribution is 2.32. The number of nitrogens with zero attached hydrogens (tertiary/aromatic N) is 3. The lowest BCUT2D eigenvalue weighted by molar-refractivity contribution is 0.961. The normalized spacial score (nSPS) is 11.6. The number of benzene rings is 2. The van der Waals surface area contributed by atoms with Crippen LogP contribution in [0.1, 0.15) is 11.4 Å². The number of thiophene rings is 1. The molecule has 0 fully saturated rings. The number of rotatable bonds is 4. The quantitative estimate of drug-likeness (QED) is 0.403. The van der Waals surface area contributed by atoms with Crippen LogP contribution in [0.25, 0.3) is 38.8 Å². The van der Waals surface area contributed by atoms with E-state index in [2.05, 4.69) is 56.7 Å². The summed E-state index contributed by atoms with van der Waals surface area (Å²) in [4.78, 5) is 9.38. The maximum atomic E-state index is 6.54. The lowest BCUT2D eigenvalue weighted by Gasteiger charge is -2.12. The predicted molar refractivity (Wildman–Crippen MR) is 122 cm³/mol. The average molecular weight is 419 g/mol. The van der Waals surface area contributed by atoms with Crippen LogP contribution >= 0.6 is 22.9 Å². The van der Waals surface area contributed by atoms with Crippen molar-refractivity contribution in [3.8, 4) is 16.8 Å². The Kier molecular flexibility index (Phi) is 4.59. The van der Waals surface area contributed by atoms with Crippen molar-refractivity contribution < 1.29 is 0 Å². The van der Waals surface area contributed by atoms with Gasteiger partial charge in [0.1, 0.15) is 11.3 Å². The van der Waals surface area contributed by atoms with E-state index >= 15 is 0 Å². The molecule has 29 heavy (non-hydrogen) atoms. The molecule has 4 nitrogen and oxygen atoms in total. The molecule has 0 spiro atoms. The number of imidazole rings is 1. The number of pyridine rings is 1. The summed E-state index contributed by atoms with van der Waals surface area (Å²) in [5, 5.41) is 6.06. The van der Waals surface area contributed by atoms with Gasteiger partial charge in [0.25, 0.3) is 0 Å². The van der Waals surface area contributed by atoms with Crippen LogP contribution in [-0.2, 0) is 6.42 Å². The summed E-state index contributed by atoms with van der Waals surface area (Å²) in [5.41, 5.74) is 13.0. The summed E-state index contributed by atoms with van der Waals surface area (Å²) in [6.07, 6.45) is 2.61. The molecule has 2 N–H and O–H groups in total. The first-order valence-electron chi connectivity index (χ1n) is 9.45. The number of hydrogen-bond donors (Lipinski definition) is 1. The van der Waals surface area contributed by atoms with E-state index in [1.807, 2.05) is 19.2 Å². The summed E-state index contributed by atoms with van der Waals surface area (Å²) >= 11 is 8.24. The molecule has 0 radical (unpaired) electrons. The maximum absolute atomic E-state index is 6.54. The molecule has 3 heterocycles. The molecular weight excluding hydrogens is 400 g/mol. The molecule has 0 unspecified atom stereocenters. The van der Waals surface area contributed by atoms with Crippen molar-refractivity contribution in [3.63, 3.8) is 0 Å². The molecule has 0 aliphatic heterocycles. The highest BCUT2D eigenvalue weighted by molar-refractivity contribution is 7.08. The van der Waals surface area contributed by atoms with Gasteiger partial charge in [-0.25, -0.2) is 4.98 Å². The fourth-order valence-electron chi connectivity index (χ4n) is 3.83. The van der Waals surface area contributed by atoms with Crippen LogP contribution in [0, 0.1) is 6.92 Å². The van der Waals surface area contributed by atoms with Gasteiger partial charge < -0.3 is 5.73 Å². The first kappa shape index (κ1) is 18.3. The molecular formula is C23H19ClN4S. The largest absolute Gasteiger partial charge is 0.330 e. The molecule has 0 saturated heterocycles. The molecule has 3 aromatic heterocycles. The summed E-state index contributed by atoms with van der Waals surface area (Å²) in [7, 11) is 0. The van der Waals surface area contributed by atoms with Crippen LogP contribution < -0.4 is 5.73 Å². The van der Waals surface area contributed by atoms with Gasteiger partial charge >= 0.3 is 0 Å². The number of halogens is 1. The first-order chi connectivity index (χ1) is 14.2. The van der Waals surface area contributed by atoms with E-state index in [-0.39, 0.29) is 0 Å². The van der Waals surface area contributed by atoms with E-state index in [1.165, 1.54) is 11.1 Å². The zero-order valence-electron chi connectivity index (χ0n) is 15.9. The Hall–Kier alpha value is -2.73. The predicted octanol–water partition coefficient (Wildman–Crippen LogP) is 5.77. The highest BCUT2D eigenvalue weighted by Gasteiger charge is 2.15.